The summed E-state index contributed by atoms with van der Waals surface area (Å²) in [6, 6.07) is 6.47. The Hall–Kier alpha value is -3.36. The van der Waals surface area contributed by atoms with E-state index in [1.807, 2.05) is 19.9 Å². The molecular weight excluding hydrogens is 385 g/mol. The Bertz CT molecular complexity index is 1080. The molecule has 1 amide bonds. The number of likely N-dealkylation sites (tertiary alicyclic amines) is 1. The van der Waals surface area contributed by atoms with Crippen LogP contribution in [0.15, 0.2) is 36.7 Å². The number of aromatic nitrogens is 5. The molecule has 0 radical (unpaired) electrons. The van der Waals surface area contributed by atoms with Crippen molar-refractivity contribution >= 4 is 11.9 Å². The van der Waals surface area contributed by atoms with Crippen molar-refractivity contribution in [2.24, 2.45) is 5.92 Å². The molecule has 3 aromatic rings. The third-order valence-corrected chi connectivity index (χ3v) is 5.91. The highest BCUT2D eigenvalue weighted by molar-refractivity contribution is 5.98. The number of halogens is 1. The normalized spacial score (nSPS) is 20.6. The molecular formula is C21H22FN7O. The number of nitrogens with zero attached hydrogens (tertiary/aromatic N) is 7. The van der Waals surface area contributed by atoms with Crippen molar-refractivity contribution in [2.45, 2.75) is 26.3 Å². The lowest BCUT2D eigenvalue weighted by Gasteiger charge is -2.53. The summed E-state index contributed by atoms with van der Waals surface area (Å²) >= 11 is 0. The van der Waals surface area contributed by atoms with Gasteiger partial charge in [-0.2, -0.15) is 15.0 Å². The van der Waals surface area contributed by atoms with Crippen molar-refractivity contribution in [3.05, 3.63) is 59.4 Å². The van der Waals surface area contributed by atoms with E-state index in [2.05, 4.69) is 25.1 Å². The second kappa shape index (κ2) is 7.16. The van der Waals surface area contributed by atoms with Crippen molar-refractivity contribution in [2.75, 3.05) is 24.5 Å². The van der Waals surface area contributed by atoms with Crippen molar-refractivity contribution in [3.63, 3.8) is 0 Å². The number of aryl methyl sites for hydroxylation is 2. The Morgan fingerprint density at radius 2 is 1.83 bits per heavy atom. The van der Waals surface area contributed by atoms with E-state index in [4.69, 9.17) is 0 Å². The summed E-state index contributed by atoms with van der Waals surface area (Å²) in [4.78, 5) is 27.6. The molecule has 30 heavy (non-hydrogen) atoms. The first kappa shape index (κ1) is 18.7. The van der Waals surface area contributed by atoms with E-state index in [-0.39, 0.29) is 17.5 Å². The number of hydrogen-bond acceptors (Lipinski definition) is 6. The monoisotopic (exact) mass is 407 g/mol. The van der Waals surface area contributed by atoms with E-state index in [0.717, 1.165) is 24.4 Å². The molecule has 2 aliphatic rings. The van der Waals surface area contributed by atoms with Crippen LogP contribution in [0.5, 0.6) is 0 Å². The predicted molar refractivity (Wildman–Crippen MR) is 108 cm³/mol. The van der Waals surface area contributed by atoms with Gasteiger partial charge in [-0.25, -0.2) is 14.4 Å². The van der Waals surface area contributed by atoms with Gasteiger partial charge in [0, 0.05) is 36.9 Å². The molecule has 2 unspecified atom stereocenters. The second-order valence-electron chi connectivity index (χ2n) is 7.92. The molecule has 1 aromatic carbocycles. The third kappa shape index (κ3) is 3.10. The minimum atomic E-state index is -0.566. The number of amides is 1. The molecule has 0 aliphatic carbocycles. The van der Waals surface area contributed by atoms with Crippen LogP contribution in [0.4, 0.5) is 10.3 Å². The fraction of sp³-hybridized carbons (Fsp3) is 0.381. The molecule has 0 spiro atoms. The van der Waals surface area contributed by atoms with Crippen molar-refractivity contribution < 1.29 is 9.18 Å². The molecule has 2 aromatic heterocycles. The fourth-order valence-electron chi connectivity index (χ4n) is 4.44. The van der Waals surface area contributed by atoms with Gasteiger partial charge in [-0.05, 0) is 38.5 Å². The lowest BCUT2D eigenvalue weighted by Crippen LogP contribution is -2.66. The number of carbonyl (C=O) groups excluding carboxylic acids is 1. The number of carbonyl (C=O) groups is 1. The summed E-state index contributed by atoms with van der Waals surface area (Å²) in [5, 5.41) is 8.13. The van der Waals surface area contributed by atoms with E-state index < -0.39 is 5.82 Å². The molecule has 5 rings (SSSR count). The summed E-state index contributed by atoms with van der Waals surface area (Å²) < 4.78 is 14.7. The van der Waals surface area contributed by atoms with Crippen LogP contribution in [-0.2, 0) is 0 Å². The summed E-state index contributed by atoms with van der Waals surface area (Å²) in [7, 11) is 0. The first-order valence-electron chi connectivity index (χ1n) is 10.0. The van der Waals surface area contributed by atoms with Crippen LogP contribution in [0.2, 0.25) is 0 Å². The van der Waals surface area contributed by atoms with Gasteiger partial charge in [0.25, 0.3) is 5.91 Å². The zero-order valence-electron chi connectivity index (χ0n) is 16.9. The molecule has 0 saturated carbocycles. The molecule has 4 heterocycles. The van der Waals surface area contributed by atoms with Crippen LogP contribution in [0.25, 0.3) is 5.69 Å². The van der Waals surface area contributed by atoms with Crippen molar-refractivity contribution in [1.29, 1.82) is 0 Å². The molecule has 0 N–H and O–H groups in total. The Morgan fingerprint density at radius 3 is 2.57 bits per heavy atom. The first-order valence-corrected chi connectivity index (χ1v) is 10.0. The molecule has 2 atom stereocenters. The van der Waals surface area contributed by atoms with Gasteiger partial charge < -0.3 is 9.80 Å². The van der Waals surface area contributed by atoms with Crippen molar-refractivity contribution in [3.8, 4) is 5.69 Å². The molecule has 2 fully saturated rings. The zero-order chi connectivity index (χ0) is 20.8. The molecule has 2 saturated heterocycles. The Balaban J connectivity index is 1.41. The maximum absolute atomic E-state index is 14.7. The average Bonchev–Trinajstić information content (AvgIpc) is 3.22. The highest BCUT2D eigenvalue weighted by Gasteiger charge is 2.46. The van der Waals surface area contributed by atoms with Gasteiger partial charge in [-0.1, -0.05) is 6.07 Å². The van der Waals surface area contributed by atoms with E-state index in [1.165, 1.54) is 23.3 Å². The minimum Gasteiger partial charge on any atom is -0.339 e. The van der Waals surface area contributed by atoms with Crippen LogP contribution in [-0.4, -0.2) is 61.4 Å². The molecule has 8 nitrogen and oxygen atoms in total. The lowest BCUT2D eigenvalue weighted by atomic mass is 9.81. The van der Waals surface area contributed by atoms with Crippen LogP contribution in [0.1, 0.15) is 28.2 Å². The van der Waals surface area contributed by atoms with E-state index in [0.29, 0.717) is 30.6 Å². The predicted octanol–water partition coefficient (Wildman–Crippen LogP) is 2.16. The number of hydrogen-bond donors (Lipinski definition) is 0. The smallest absolute Gasteiger partial charge is 0.259 e. The maximum Gasteiger partial charge on any atom is 0.259 e. The number of fused-ring (bicyclic) bond motifs is 1. The highest BCUT2D eigenvalue weighted by Crippen LogP contribution is 2.35. The van der Waals surface area contributed by atoms with Crippen LogP contribution in [0.3, 0.4) is 0 Å². The SMILES string of the molecule is Cc1cc(C)nc(N2CCC3CN(C(=O)c4c(F)cccc4-n4nccn4)C3C2)n1. The van der Waals surface area contributed by atoms with Crippen LogP contribution >= 0.6 is 0 Å². The van der Waals surface area contributed by atoms with Gasteiger partial charge in [0.2, 0.25) is 5.95 Å². The summed E-state index contributed by atoms with van der Waals surface area (Å²) in [6.07, 6.45) is 3.96. The summed E-state index contributed by atoms with van der Waals surface area (Å²) in [5.74, 6) is 0.208. The van der Waals surface area contributed by atoms with Crippen LogP contribution in [0, 0.1) is 25.6 Å². The Morgan fingerprint density at radius 1 is 1.10 bits per heavy atom. The standard InChI is InChI=1S/C21H22FN7O/c1-13-10-14(2)26-21(25-13)27-9-6-15-11-28(18(15)12-27)20(30)19-16(22)4-3-5-17(19)29-23-7-8-24-29/h3-5,7-8,10,15,18H,6,9,11-12H2,1-2H3. The number of anilines is 1. The Labute approximate surface area is 173 Å². The average molecular weight is 407 g/mol. The largest absolute Gasteiger partial charge is 0.339 e. The number of rotatable bonds is 3. The highest BCUT2D eigenvalue weighted by atomic mass is 19.1. The minimum absolute atomic E-state index is 0.00641. The van der Waals surface area contributed by atoms with Gasteiger partial charge in [-0.15, -0.1) is 0 Å². The summed E-state index contributed by atoms with van der Waals surface area (Å²) in [5.41, 5.74) is 2.19. The van der Waals surface area contributed by atoms with Gasteiger partial charge in [0.05, 0.1) is 18.4 Å². The number of benzene rings is 1. The van der Waals surface area contributed by atoms with Gasteiger partial charge >= 0.3 is 0 Å². The number of piperidine rings is 1. The van der Waals surface area contributed by atoms with Crippen LogP contribution < -0.4 is 4.90 Å². The second-order valence-corrected chi connectivity index (χ2v) is 7.92. The quantitative estimate of drug-likeness (QED) is 0.662. The van der Waals surface area contributed by atoms with Crippen molar-refractivity contribution in [1.82, 2.24) is 29.9 Å². The first-order chi connectivity index (χ1) is 14.5. The lowest BCUT2D eigenvalue weighted by molar-refractivity contribution is 0.00728. The maximum atomic E-state index is 14.7. The molecule has 9 heteroatoms. The van der Waals surface area contributed by atoms with E-state index in [9.17, 15) is 9.18 Å². The molecule has 0 bridgehead atoms. The van der Waals surface area contributed by atoms with Gasteiger partial charge in [0.1, 0.15) is 17.1 Å². The molecule has 154 valence electrons. The van der Waals surface area contributed by atoms with Gasteiger partial charge in [0.15, 0.2) is 0 Å². The van der Waals surface area contributed by atoms with Gasteiger partial charge in [-0.3, -0.25) is 4.79 Å². The topological polar surface area (TPSA) is 80.0 Å². The van der Waals surface area contributed by atoms with E-state index in [1.54, 1.807) is 17.0 Å². The zero-order valence-corrected chi connectivity index (χ0v) is 16.9. The van der Waals surface area contributed by atoms with E-state index >= 15 is 0 Å². The Kier molecular flexibility index (Phi) is 4.45. The summed E-state index contributed by atoms with van der Waals surface area (Å²) in [6.45, 7) is 6.03. The fourth-order valence-corrected chi connectivity index (χ4v) is 4.44. The molecule has 2 aliphatic heterocycles. The third-order valence-electron chi connectivity index (χ3n) is 5.91.